The number of nitrogens with zero attached hydrogens (tertiary/aromatic N) is 1. The second-order valence-corrected chi connectivity index (χ2v) is 4.63. The quantitative estimate of drug-likeness (QED) is 0.444. The highest BCUT2D eigenvalue weighted by Gasteiger charge is 2.09. The molecule has 0 fully saturated rings. The minimum Gasteiger partial charge on any atom is -0.504 e. The van der Waals surface area contributed by atoms with Crippen LogP contribution < -0.4 is 5.32 Å². The first-order valence-corrected chi connectivity index (χ1v) is 6.51. The zero-order valence-electron chi connectivity index (χ0n) is 11.5. The molecule has 7 heteroatoms. The topological polar surface area (TPSA) is 113 Å². The minimum absolute atomic E-state index is 0.0730. The number of non-ortho nitro benzene ring substituents is 1. The van der Waals surface area contributed by atoms with E-state index in [0.29, 0.717) is 18.5 Å². The Kier molecular flexibility index (Phi) is 4.57. The fourth-order valence-corrected chi connectivity index (χ4v) is 1.88. The van der Waals surface area contributed by atoms with Crippen LogP contribution in [0.3, 0.4) is 0 Å². The number of carbonyl (C=O) groups excluding carboxylic acids is 1. The zero-order chi connectivity index (χ0) is 16.1. The van der Waals surface area contributed by atoms with Crippen molar-refractivity contribution >= 4 is 11.6 Å². The Bertz CT molecular complexity index is 698. The fourth-order valence-electron chi connectivity index (χ4n) is 1.88. The van der Waals surface area contributed by atoms with Gasteiger partial charge in [-0.2, -0.15) is 0 Å². The van der Waals surface area contributed by atoms with Gasteiger partial charge in [0, 0.05) is 24.2 Å². The second-order valence-electron chi connectivity index (χ2n) is 4.63. The van der Waals surface area contributed by atoms with E-state index in [1.54, 1.807) is 6.07 Å². The second kappa shape index (κ2) is 6.57. The Labute approximate surface area is 126 Å². The molecule has 22 heavy (non-hydrogen) atoms. The summed E-state index contributed by atoms with van der Waals surface area (Å²) in [5.41, 5.74) is 1.02. The molecule has 0 heterocycles. The molecule has 0 unspecified atom stereocenters. The molecule has 2 rings (SSSR count). The van der Waals surface area contributed by atoms with E-state index in [2.05, 4.69) is 5.32 Å². The number of carbonyl (C=O) groups is 1. The van der Waals surface area contributed by atoms with Crippen LogP contribution in [0.2, 0.25) is 0 Å². The number of amides is 1. The SMILES string of the molecule is O=C(NCCc1ccc(O)c(O)c1)c1ccc([N+](=O)[O-])cc1. The van der Waals surface area contributed by atoms with Crippen LogP contribution in [0.4, 0.5) is 5.69 Å². The molecule has 0 saturated carbocycles. The largest absolute Gasteiger partial charge is 0.504 e. The van der Waals surface area contributed by atoms with E-state index < -0.39 is 4.92 Å². The summed E-state index contributed by atoms with van der Waals surface area (Å²) in [4.78, 5) is 21.9. The van der Waals surface area contributed by atoms with Gasteiger partial charge in [-0.1, -0.05) is 6.07 Å². The van der Waals surface area contributed by atoms with E-state index in [1.165, 1.54) is 36.4 Å². The predicted molar refractivity (Wildman–Crippen MR) is 78.9 cm³/mol. The first-order chi connectivity index (χ1) is 10.5. The fraction of sp³-hybridized carbons (Fsp3) is 0.133. The molecule has 2 aromatic carbocycles. The number of phenols is 2. The van der Waals surface area contributed by atoms with Crippen molar-refractivity contribution < 1.29 is 19.9 Å². The van der Waals surface area contributed by atoms with Crippen LogP contribution in [0, 0.1) is 10.1 Å². The van der Waals surface area contributed by atoms with E-state index in [1.807, 2.05) is 0 Å². The minimum atomic E-state index is -0.529. The normalized spacial score (nSPS) is 10.2. The maximum absolute atomic E-state index is 11.9. The number of nitro benzene ring substituents is 1. The van der Waals surface area contributed by atoms with E-state index in [0.717, 1.165) is 5.56 Å². The van der Waals surface area contributed by atoms with Crippen LogP contribution >= 0.6 is 0 Å². The predicted octanol–water partition coefficient (Wildman–Crippen LogP) is 1.98. The average molecular weight is 302 g/mol. The molecule has 0 aromatic heterocycles. The molecular formula is C15H14N2O5. The van der Waals surface area contributed by atoms with Gasteiger partial charge < -0.3 is 15.5 Å². The van der Waals surface area contributed by atoms with Crippen LogP contribution in [0.25, 0.3) is 0 Å². The Morgan fingerprint density at radius 1 is 1.09 bits per heavy atom. The Balaban J connectivity index is 1.89. The summed E-state index contributed by atoms with van der Waals surface area (Å²) < 4.78 is 0. The summed E-state index contributed by atoms with van der Waals surface area (Å²) in [5, 5.41) is 31.8. The highest BCUT2D eigenvalue weighted by Crippen LogP contribution is 2.24. The third-order valence-electron chi connectivity index (χ3n) is 3.08. The number of hydrogen-bond donors (Lipinski definition) is 3. The molecule has 3 N–H and O–H groups in total. The smallest absolute Gasteiger partial charge is 0.269 e. The van der Waals surface area contributed by atoms with Gasteiger partial charge in [-0.3, -0.25) is 14.9 Å². The number of nitrogens with one attached hydrogen (secondary N) is 1. The van der Waals surface area contributed by atoms with Crippen LogP contribution in [-0.4, -0.2) is 27.6 Å². The number of benzene rings is 2. The molecule has 0 saturated heterocycles. The maximum atomic E-state index is 11.9. The summed E-state index contributed by atoms with van der Waals surface area (Å²) in [7, 11) is 0. The number of phenolic OH excluding ortho intramolecular Hbond substituents is 2. The summed E-state index contributed by atoms with van der Waals surface area (Å²) in [6, 6.07) is 9.77. The third kappa shape index (κ3) is 3.72. The van der Waals surface area contributed by atoms with Gasteiger partial charge in [0.1, 0.15) is 0 Å². The van der Waals surface area contributed by atoms with E-state index >= 15 is 0 Å². The molecule has 0 aliphatic carbocycles. The van der Waals surface area contributed by atoms with Crippen molar-refractivity contribution in [2.75, 3.05) is 6.54 Å². The lowest BCUT2D eigenvalue weighted by Gasteiger charge is -2.06. The van der Waals surface area contributed by atoms with Crippen molar-refractivity contribution in [1.29, 1.82) is 0 Å². The van der Waals surface area contributed by atoms with Crippen molar-refractivity contribution in [3.8, 4) is 11.5 Å². The van der Waals surface area contributed by atoms with Gasteiger partial charge in [0.05, 0.1) is 4.92 Å². The maximum Gasteiger partial charge on any atom is 0.269 e. The Morgan fingerprint density at radius 3 is 2.36 bits per heavy atom. The molecule has 0 bridgehead atoms. The monoisotopic (exact) mass is 302 g/mol. The molecule has 1 amide bonds. The lowest BCUT2D eigenvalue weighted by molar-refractivity contribution is -0.384. The molecule has 0 aliphatic heterocycles. The molecule has 0 atom stereocenters. The highest BCUT2D eigenvalue weighted by molar-refractivity contribution is 5.94. The molecule has 0 spiro atoms. The number of hydrogen-bond acceptors (Lipinski definition) is 5. The molecule has 7 nitrogen and oxygen atoms in total. The first-order valence-electron chi connectivity index (χ1n) is 6.51. The van der Waals surface area contributed by atoms with Gasteiger partial charge in [-0.15, -0.1) is 0 Å². The first kappa shape index (κ1) is 15.3. The van der Waals surface area contributed by atoms with Crippen LogP contribution in [0.1, 0.15) is 15.9 Å². The van der Waals surface area contributed by atoms with E-state index in [9.17, 15) is 25.1 Å². The van der Waals surface area contributed by atoms with Crippen LogP contribution in [-0.2, 0) is 6.42 Å². The van der Waals surface area contributed by atoms with Gasteiger partial charge in [0.25, 0.3) is 11.6 Å². The highest BCUT2D eigenvalue weighted by atomic mass is 16.6. The summed E-state index contributed by atoms with van der Waals surface area (Å²) >= 11 is 0. The lowest BCUT2D eigenvalue weighted by atomic mass is 10.1. The standard InChI is InChI=1S/C15H14N2O5/c18-13-6-1-10(9-14(13)19)7-8-16-15(20)11-2-4-12(5-3-11)17(21)22/h1-6,9,18-19H,7-8H2,(H,16,20). The zero-order valence-corrected chi connectivity index (χ0v) is 11.5. The molecule has 0 radical (unpaired) electrons. The Morgan fingerprint density at radius 2 is 1.77 bits per heavy atom. The van der Waals surface area contributed by atoms with Crippen molar-refractivity contribution in [2.45, 2.75) is 6.42 Å². The van der Waals surface area contributed by atoms with Gasteiger partial charge in [0.15, 0.2) is 11.5 Å². The van der Waals surface area contributed by atoms with Crippen molar-refractivity contribution in [2.24, 2.45) is 0 Å². The lowest BCUT2D eigenvalue weighted by Crippen LogP contribution is -2.25. The van der Waals surface area contributed by atoms with Crippen molar-refractivity contribution in [3.63, 3.8) is 0 Å². The average Bonchev–Trinajstić information content (AvgIpc) is 2.51. The van der Waals surface area contributed by atoms with Crippen LogP contribution in [0.15, 0.2) is 42.5 Å². The van der Waals surface area contributed by atoms with E-state index in [-0.39, 0.29) is 23.1 Å². The van der Waals surface area contributed by atoms with Gasteiger partial charge in [-0.25, -0.2) is 0 Å². The summed E-state index contributed by atoms with van der Waals surface area (Å²) in [6.45, 7) is 0.333. The summed E-state index contributed by atoms with van der Waals surface area (Å²) in [5.74, 6) is -0.740. The number of nitro groups is 1. The van der Waals surface area contributed by atoms with Crippen molar-refractivity contribution in [3.05, 3.63) is 63.7 Å². The Hall–Kier alpha value is -3.09. The molecular weight excluding hydrogens is 288 g/mol. The molecule has 0 aliphatic rings. The van der Waals surface area contributed by atoms with Gasteiger partial charge in [-0.05, 0) is 36.2 Å². The van der Waals surface area contributed by atoms with E-state index in [4.69, 9.17) is 0 Å². The number of aromatic hydroxyl groups is 2. The number of rotatable bonds is 5. The van der Waals surface area contributed by atoms with Crippen LogP contribution in [0.5, 0.6) is 11.5 Å². The van der Waals surface area contributed by atoms with Gasteiger partial charge >= 0.3 is 0 Å². The van der Waals surface area contributed by atoms with Gasteiger partial charge in [0.2, 0.25) is 0 Å². The van der Waals surface area contributed by atoms with Crippen molar-refractivity contribution in [1.82, 2.24) is 5.32 Å². The molecule has 114 valence electrons. The third-order valence-corrected chi connectivity index (χ3v) is 3.08. The summed E-state index contributed by atoms with van der Waals surface area (Å²) in [6.07, 6.45) is 0.479. The molecule has 2 aromatic rings.